The predicted molar refractivity (Wildman–Crippen MR) is 85.8 cm³/mol. The minimum Gasteiger partial charge on any atom is -0.478 e. The van der Waals surface area contributed by atoms with E-state index in [4.69, 9.17) is 5.11 Å². The normalized spacial score (nSPS) is 13.0. The molecular weight excluding hydrogens is 290 g/mol. The van der Waals surface area contributed by atoms with Crippen molar-refractivity contribution >= 4 is 5.97 Å². The Morgan fingerprint density at radius 1 is 1.04 bits per heavy atom. The molecule has 0 fully saturated rings. The van der Waals surface area contributed by atoms with Crippen LogP contribution in [0.5, 0.6) is 0 Å². The molecule has 1 aliphatic rings. The van der Waals surface area contributed by atoms with Gasteiger partial charge in [-0.1, -0.05) is 17.3 Å². The summed E-state index contributed by atoms with van der Waals surface area (Å²) in [5, 5.41) is 17.3. The molecule has 0 radical (unpaired) electrons. The molecule has 0 bridgehead atoms. The van der Waals surface area contributed by atoms with Gasteiger partial charge < -0.3 is 5.11 Å². The first-order valence-corrected chi connectivity index (χ1v) is 7.59. The number of aromatic nitrogens is 3. The van der Waals surface area contributed by atoms with E-state index in [1.54, 1.807) is 28.9 Å². The smallest absolute Gasteiger partial charge is 0.335 e. The van der Waals surface area contributed by atoms with Crippen LogP contribution in [0.25, 0.3) is 16.9 Å². The predicted octanol–water partition coefficient (Wildman–Crippen LogP) is 3.12. The molecule has 1 aromatic heterocycles. The van der Waals surface area contributed by atoms with E-state index in [0.717, 1.165) is 29.8 Å². The second-order valence-corrected chi connectivity index (χ2v) is 5.74. The molecule has 0 amide bonds. The van der Waals surface area contributed by atoms with E-state index in [1.807, 2.05) is 6.20 Å². The first-order valence-electron chi connectivity index (χ1n) is 7.59. The van der Waals surface area contributed by atoms with Crippen LogP contribution in [0.15, 0.2) is 48.7 Å². The lowest BCUT2D eigenvalue weighted by Crippen LogP contribution is -1.98. The van der Waals surface area contributed by atoms with Crippen molar-refractivity contribution in [2.24, 2.45) is 0 Å². The fraction of sp³-hybridized carbons (Fsp3) is 0.167. The molecule has 1 aliphatic carbocycles. The zero-order chi connectivity index (χ0) is 15.8. The van der Waals surface area contributed by atoms with Crippen LogP contribution in [0.2, 0.25) is 0 Å². The molecule has 23 heavy (non-hydrogen) atoms. The van der Waals surface area contributed by atoms with Gasteiger partial charge in [0.15, 0.2) is 0 Å². The molecule has 114 valence electrons. The highest BCUT2D eigenvalue weighted by Gasteiger charge is 2.13. The quantitative estimate of drug-likeness (QED) is 0.807. The standard InChI is InChI=1S/C18H15N3O2/c22-18(23)13-6-8-16(9-7-13)21-11-17(19-20-21)15-5-4-12-2-1-3-14(12)10-15/h4-11H,1-3H2,(H,22,23). The average Bonchev–Trinajstić information content (AvgIpc) is 3.23. The van der Waals surface area contributed by atoms with Gasteiger partial charge in [0.05, 0.1) is 17.4 Å². The van der Waals surface area contributed by atoms with Crippen LogP contribution < -0.4 is 0 Å². The molecule has 1 heterocycles. The Morgan fingerprint density at radius 3 is 2.61 bits per heavy atom. The maximum absolute atomic E-state index is 10.9. The van der Waals surface area contributed by atoms with E-state index in [-0.39, 0.29) is 5.56 Å². The summed E-state index contributed by atoms with van der Waals surface area (Å²) in [6.07, 6.45) is 5.39. The van der Waals surface area contributed by atoms with Crippen LogP contribution in [0.4, 0.5) is 0 Å². The molecule has 2 aromatic carbocycles. The summed E-state index contributed by atoms with van der Waals surface area (Å²) in [4.78, 5) is 10.9. The summed E-state index contributed by atoms with van der Waals surface area (Å²) in [5.41, 5.74) is 5.77. The Kier molecular flexibility index (Phi) is 3.19. The summed E-state index contributed by atoms with van der Waals surface area (Å²) in [7, 11) is 0. The largest absolute Gasteiger partial charge is 0.478 e. The molecule has 0 spiro atoms. The lowest BCUT2D eigenvalue weighted by molar-refractivity contribution is 0.0697. The first kappa shape index (κ1) is 13.7. The molecule has 1 N–H and O–H groups in total. The van der Waals surface area contributed by atoms with E-state index >= 15 is 0 Å². The van der Waals surface area contributed by atoms with Crippen molar-refractivity contribution in [3.8, 4) is 16.9 Å². The molecule has 5 nitrogen and oxygen atoms in total. The summed E-state index contributed by atoms with van der Waals surface area (Å²) in [6, 6.07) is 13.0. The van der Waals surface area contributed by atoms with Crippen molar-refractivity contribution in [1.29, 1.82) is 0 Å². The van der Waals surface area contributed by atoms with Gasteiger partial charge in [-0.05, 0) is 60.7 Å². The second kappa shape index (κ2) is 5.35. The number of nitrogens with zero attached hydrogens (tertiary/aromatic N) is 3. The Morgan fingerprint density at radius 2 is 1.83 bits per heavy atom. The van der Waals surface area contributed by atoms with Crippen molar-refractivity contribution in [3.05, 3.63) is 65.4 Å². The maximum atomic E-state index is 10.9. The minimum atomic E-state index is -0.936. The van der Waals surface area contributed by atoms with Crippen LogP contribution in [-0.2, 0) is 12.8 Å². The molecular formula is C18H15N3O2. The number of rotatable bonds is 3. The van der Waals surface area contributed by atoms with Gasteiger partial charge in [0.1, 0.15) is 5.69 Å². The molecule has 5 heteroatoms. The van der Waals surface area contributed by atoms with E-state index in [1.165, 1.54) is 17.5 Å². The number of hydrogen-bond acceptors (Lipinski definition) is 3. The molecule has 0 saturated carbocycles. The van der Waals surface area contributed by atoms with Gasteiger partial charge in [0.25, 0.3) is 0 Å². The van der Waals surface area contributed by atoms with Crippen molar-refractivity contribution in [3.63, 3.8) is 0 Å². The summed E-state index contributed by atoms with van der Waals surface area (Å²) < 4.78 is 1.66. The van der Waals surface area contributed by atoms with Crippen molar-refractivity contribution in [2.45, 2.75) is 19.3 Å². The van der Waals surface area contributed by atoms with Gasteiger partial charge in [0, 0.05) is 5.56 Å². The van der Waals surface area contributed by atoms with Crippen LogP contribution in [0.1, 0.15) is 27.9 Å². The number of aryl methyl sites for hydroxylation is 2. The van der Waals surface area contributed by atoms with Gasteiger partial charge in [-0.3, -0.25) is 0 Å². The van der Waals surface area contributed by atoms with Crippen LogP contribution >= 0.6 is 0 Å². The highest BCUT2D eigenvalue weighted by molar-refractivity contribution is 5.87. The van der Waals surface area contributed by atoms with Gasteiger partial charge in [0.2, 0.25) is 0 Å². The van der Waals surface area contributed by atoms with Crippen molar-refractivity contribution < 1.29 is 9.90 Å². The Labute approximate surface area is 133 Å². The summed E-state index contributed by atoms with van der Waals surface area (Å²) >= 11 is 0. The number of carboxylic acid groups (broad SMARTS) is 1. The number of hydrogen-bond donors (Lipinski definition) is 1. The zero-order valence-corrected chi connectivity index (χ0v) is 12.4. The van der Waals surface area contributed by atoms with Gasteiger partial charge in [-0.15, -0.1) is 5.10 Å². The lowest BCUT2D eigenvalue weighted by atomic mass is 10.0. The van der Waals surface area contributed by atoms with Gasteiger partial charge >= 0.3 is 5.97 Å². The highest BCUT2D eigenvalue weighted by Crippen LogP contribution is 2.27. The summed E-state index contributed by atoms with van der Waals surface area (Å²) in [6.45, 7) is 0. The molecule has 3 aromatic rings. The van der Waals surface area contributed by atoms with E-state index in [9.17, 15) is 4.79 Å². The Hall–Kier alpha value is -2.95. The molecule has 0 atom stereocenters. The number of fused-ring (bicyclic) bond motifs is 1. The first-order chi connectivity index (χ1) is 11.2. The van der Waals surface area contributed by atoms with Crippen molar-refractivity contribution in [1.82, 2.24) is 15.0 Å². The topological polar surface area (TPSA) is 68.0 Å². The molecule has 0 saturated heterocycles. The zero-order valence-electron chi connectivity index (χ0n) is 12.4. The molecule has 4 rings (SSSR count). The number of aromatic carboxylic acids is 1. The molecule has 0 unspecified atom stereocenters. The Bertz CT molecular complexity index is 882. The monoisotopic (exact) mass is 305 g/mol. The highest BCUT2D eigenvalue weighted by atomic mass is 16.4. The van der Waals surface area contributed by atoms with E-state index in [0.29, 0.717) is 0 Å². The lowest BCUT2D eigenvalue weighted by Gasteiger charge is -2.02. The fourth-order valence-corrected chi connectivity index (χ4v) is 3.01. The molecule has 0 aliphatic heterocycles. The van der Waals surface area contributed by atoms with E-state index in [2.05, 4.69) is 28.5 Å². The summed E-state index contributed by atoms with van der Waals surface area (Å²) in [5.74, 6) is -0.936. The third-order valence-corrected chi connectivity index (χ3v) is 4.27. The number of carbonyl (C=O) groups is 1. The van der Waals surface area contributed by atoms with Crippen LogP contribution in [0, 0.1) is 0 Å². The van der Waals surface area contributed by atoms with Crippen LogP contribution in [0.3, 0.4) is 0 Å². The third kappa shape index (κ3) is 2.50. The minimum absolute atomic E-state index is 0.257. The average molecular weight is 305 g/mol. The second-order valence-electron chi connectivity index (χ2n) is 5.74. The number of benzene rings is 2. The number of carboxylic acids is 1. The van der Waals surface area contributed by atoms with Gasteiger partial charge in [-0.2, -0.15) is 0 Å². The van der Waals surface area contributed by atoms with Crippen molar-refractivity contribution in [2.75, 3.05) is 0 Å². The Balaban J connectivity index is 1.65. The van der Waals surface area contributed by atoms with Gasteiger partial charge in [-0.25, -0.2) is 9.48 Å². The SMILES string of the molecule is O=C(O)c1ccc(-n2cc(-c3ccc4c(c3)CCC4)nn2)cc1. The maximum Gasteiger partial charge on any atom is 0.335 e. The van der Waals surface area contributed by atoms with E-state index < -0.39 is 5.97 Å². The third-order valence-electron chi connectivity index (χ3n) is 4.27. The van der Waals surface area contributed by atoms with Crippen LogP contribution in [-0.4, -0.2) is 26.1 Å². The fourth-order valence-electron chi connectivity index (χ4n) is 3.01.